The molecule has 0 saturated heterocycles. The van der Waals surface area contributed by atoms with E-state index in [9.17, 15) is 0 Å². The fraction of sp³-hybridized carbons (Fsp3) is 0.0769. The van der Waals surface area contributed by atoms with Gasteiger partial charge in [-0.2, -0.15) is 5.10 Å². The number of nitrogens with two attached hydrogens (primary N) is 1. The summed E-state index contributed by atoms with van der Waals surface area (Å²) in [4.78, 5) is 12.6. The van der Waals surface area contributed by atoms with Crippen molar-refractivity contribution in [2.24, 2.45) is 0 Å². The Kier molecular flexibility index (Phi) is 3.00. The number of hydrogen-bond acceptors (Lipinski definition) is 6. The molecule has 0 atom stereocenters. The topological polar surface area (TPSA) is 105 Å². The number of aromatic amines is 1. The summed E-state index contributed by atoms with van der Waals surface area (Å²) in [6.45, 7) is 1.92. The molecule has 0 fully saturated rings. The van der Waals surface area contributed by atoms with E-state index in [2.05, 4.69) is 30.5 Å². The van der Waals surface area contributed by atoms with E-state index in [1.807, 2.05) is 25.1 Å². The molecule has 0 aromatic carbocycles. The zero-order valence-corrected chi connectivity index (χ0v) is 10.8. The highest BCUT2D eigenvalue weighted by atomic mass is 15.1. The van der Waals surface area contributed by atoms with Crippen LogP contribution in [-0.4, -0.2) is 25.1 Å². The number of nitrogens with one attached hydrogen (secondary N) is 2. The van der Waals surface area contributed by atoms with Gasteiger partial charge in [-0.15, -0.1) is 0 Å². The van der Waals surface area contributed by atoms with Gasteiger partial charge >= 0.3 is 0 Å². The maximum absolute atomic E-state index is 5.93. The first-order valence-corrected chi connectivity index (χ1v) is 6.04. The van der Waals surface area contributed by atoms with Crippen molar-refractivity contribution in [1.82, 2.24) is 25.1 Å². The van der Waals surface area contributed by atoms with Gasteiger partial charge in [0.05, 0.1) is 18.1 Å². The van der Waals surface area contributed by atoms with Crippen LogP contribution < -0.4 is 11.1 Å². The van der Waals surface area contributed by atoms with Crippen molar-refractivity contribution < 1.29 is 0 Å². The molecule has 20 heavy (non-hydrogen) atoms. The van der Waals surface area contributed by atoms with Crippen molar-refractivity contribution in [1.29, 1.82) is 0 Å². The van der Waals surface area contributed by atoms with E-state index in [1.165, 1.54) is 0 Å². The number of aromatic nitrogens is 5. The number of nitrogen functional groups attached to an aromatic ring is 1. The molecular formula is C13H13N7. The molecule has 0 saturated carbocycles. The molecule has 0 aliphatic carbocycles. The second-order valence-electron chi connectivity index (χ2n) is 4.29. The number of H-pyrrole nitrogens is 1. The Morgan fingerprint density at radius 2 is 2.20 bits per heavy atom. The Labute approximate surface area is 115 Å². The first-order chi connectivity index (χ1) is 9.72. The van der Waals surface area contributed by atoms with Crippen molar-refractivity contribution in [2.45, 2.75) is 6.92 Å². The van der Waals surface area contributed by atoms with E-state index in [0.717, 1.165) is 11.4 Å². The van der Waals surface area contributed by atoms with Crippen LogP contribution in [0, 0.1) is 6.92 Å². The maximum atomic E-state index is 5.93. The van der Waals surface area contributed by atoms with Gasteiger partial charge in [-0.3, -0.25) is 10.1 Å². The SMILES string of the molecule is Cc1cc(-c2ncc(Nc3cccnc3)nc2N)n[nH]1. The molecule has 0 spiro atoms. The highest BCUT2D eigenvalue weighted by Gasteiger charge is 2.10. The molecular weight excluding hydrogens is 254 g/mol. The number of pyridine rings is 1. The minimum Gasteiger partial charge on any atom is -0.382 e. The van der Waals surface area contributed by atoms with E-state index in [-0.39, 0.29) is 0 Å². The Bertz CT molecular complexity index is 721. The van der Waals surface area contributed by atoms with Gasteiger partial charge in [-0.05, 0) is 25.1 Å². The molecule has 0 radical (unpaired) electrons. The van der Waals surface area contributed by atoms with E-state index < -0.39 is 0 Å². The summed E-state index contributed by atoms with van der Waals surface area (Å²) in [5.41, 5.74) is 8.94. The Balaban J connectivity index is 1.88. The van der Waals surface area contributed by atoms with Crippen LogP contribution in [0.1, 0.15) is 5.69 Å². The van der Waals surface area contributed by atoms with Crippen LogP contribution >= 0.6 is 0 Å². The predicted octanol–water partition coefficient (Wildman–Crippen LogP) is 1.90. The van der Waals surface area contributed by atoms with Crippen LogP contribution in [0.25, 0.3) is 11.4 Å². The van der Waals surface area contributed by atoms with Crippen molar-refractivity contribution >= 4 is 17.3 Å². The molecule has 100 valence electrons. The molecule has 0 aliphatic heterocycles. The lowest BCUT2D eigenvalue weighted by molar-refractivity contribution is 1.04. The minimum atomic E-state index is 0.324. The third-order valence-corrected chi connectivity index (χ3v) is 2.68. The number of rotatable bonds is 3. The standard InChI is InChI=1S/C13H13N7/c1-8-5-10(20-19-8)12-13(14)18-11(7-16-12)17-9-3-2-4-15-6-9/h2-7H,1H3,(H,19,20)(H3,14,17,18). The third kappa shape index (κ3) is 2.41. The van der Waals surface area contributed by atoms with Gasteiger partial charge in [0.1, 0.15) is 11.4 Å². The second-order valence-corrected chi connectivity index (χ2v) is 4.29. The minimum absolute atomic E-state index is 0.324. The monoisotopic (exact) mass is 267 g/mol. The van der Waals surface area contributed by atoms with Crippen molar-refractivity contribution in [2.75, 3.05) is 11.1 Å². The summed E-state index contributed by atoms with van der Waals surface area (Å²) in [5, 5.41) is 10.1. The fourth-order valence-corrected chi connectivity index (χ4v) is 1.78. The lowest BCUT2D eigenvalue weighted by Crippen LogP contribution is -2.02. The van der Waals surface area contributed by atoms with Gasteiger partial charge < -0.3 is 11.1 Å². The number of hydrogen-bond donors (Lipinski definition) is 3. The first-order valence-electron chi connectivity index (χ1n) is 6.04. The van der Waals surface area contributed by atoms with Crippen molar-refractivity contribution in [3.05, 3.63) is 42.5 Å². The first kappa shape index (κ1) is 12.1. The maximum Gasteiger partial charge on any atom is 0.154 e. The quantitative estimate of drug-likeness (QED) is 0.669. The Morgan fingerprint density at radius 1 is 1.30 bits per heavy atom. The summed E-state index contributed by atoms with van der Waals surface area (Å²) < 4.78 is 0. The Morgan fingerprint density at radius 3 is 2.85 bits per heavy atom. The van der Waals surface area contributed by atoms with Crippen LogP contribution in [0.5, 0.6) is 0 Å². The lowest BCUT2D eigenvalue weighted by Gasteiger charge is -2.06. The van der Waals surface area contributed by atoms with Crippen LogP contribution in [-0.2, 0) is 0 Å². The van der Waals surface area contributed by atoms with Crippen LogP contribution in [0.3, 0.4) is 0 Å². The van der Waals surface area contributed by atoms with Crippen molar-refractivity contribution in [3.8, 4) is 11.4 Å². The van der Waals surface area contributed by atoms with Gasteiger partial charge in [0.25, 0.3) is 0 Å². The van der Waals surface area contributed by atoms with E-state index >= 15 is 0 Å². The summed E-state index contributed by atoms with van der Waals surface area (Å²) in [6, 6.07) is 5.59. The summed E-state index contributed by atoms with van der Waals surface area (Å²) >= 11 is 0. The number of anilines is 3. The van der Waals surface area contributed by atoms with Gasteiger partial charge in [0.15, 0.2) is 11.6 Å². The van der Waals surface area contributed by atoms with E-state index in [0.29, 0.717) is 23.0 Å². The molecule has 7 heteroatoms. The largest absolute Gasteiger partial charge is 0.382 e. The molecule has 3 aromatic heterocycles. The highest BCUT2D eigenvalue weighted by Crippen LogP contribution is 2.22. The van der Waals surface area contributed by atoms with Gasteiger partial charge in [0, 0.05) is 11.9 Å². The molecule has 7 nitrogen and oxygen atoms in total. The average Bonchev–Trinajstić information content (AvgIpc) is 2.86. The number of aryl methyl sites for hydroxylation is 1. The zero-order valence-electron chi connectivity index (χ0n) is 10.8. The summed E-state index contributed by atoms with van der Waals surface area (Å²) in [7, 11) is 0. The summed E-state index contributed by atoms with van der Waals surface area (Å²) in [6.07, 6.45) is 5.01. The second kappa shape index (κ2) is 4.96. The normalized spacial score (nSPS) is 10.4. The van der Waals surface area contributed by atoms with Crippen LogP contribution in [0.4, 0.5) is 17.3 Å². The van der Waals surface area contributed by atoms with Crippen LogP contribution in [0.15, 0.2) is 36.8 Å². The third-order valence-electron chi connectivity index (χ3n) is 2.68. The molecule has 0 bridgehead atoms. The average molecular weight is 267 g/mol. The van der Waals surface area contributed by atoms with E-state index in [4.69, 9.17) is 5.73 Å². The molecule has 3 heterocycles. The van der Waals surface area contributed by atoms with E-state index in [1.54, 1.807) is 18.6 Å². The summed E-state index contributed by atoms with van der Waals surface area (Å²) in [5.74, 6) is 0.886. The smallest absolute Gasteiger partial charge is 0.154 e. The van der Waals surface area contributed by atoms with Gasteiger partial charge in [-0.25, -0.2) is 9.97 Å². The van der Waals surface area contributed by atoms with Crippen molar-refractivity contribution in [3.63, 3.8) is 0 Å². The Hall–Kier alpha value is -2.96. The molecule has 0 aliphatic rings. The molecule has 3 aromatic rings. The molecule has 0 amide bonds. The predicted molar refractivity (Wildman–Crippen MR) is 76.3 cm³/mol. The highest BCUT2D eigenvalue weighted by molar-refractivity contribution is 5.69. The molecule has 4 N–H and O–H groups in total. The number of nitrogens with zero attached hydrogens (tertiary/aromatic N) is 4. The van der Waals surface area contributed by atoms with Crippen LogP contribution in [0.2, 0.25) is 0 Å². The van der Waals surface area contributed by atoms with Gasteiger partial charge in [0.2, 0.25) is 0 Å². The molecule has 0 unspecified atom stereocenters. The lowest BCUT2D eigenvalue weighted by atomic mass is 10.3. The molecule has 3 rings (SSSR count). The van der Waals surface area contributed by atoms with Gasteiger partial charge in [-0.1, -0.05) is 0 Å². The zero-order chi connectivity index (χ0) is 13.9. The fourth-order valence-electron chi connectivity index (χ4n) is 1.78.